The molecular formula is C15H25Cl. The number of hydrogen-bond donors (Lipinski definition) is 0. The van der Waals surface area contributed by atoms with Crippen LogP contribution in [0.4, 0.5) is 0 Å². The van der Waals surface area contributed by atoms with Crippen LogP contribution in [0.25, 0.3) is 0 Å². The third kappa shape index (κ3) is 2.28. The number of rotatable bonds is 4. The molecule has 3 rings (SSSR count). The molecule has 0 amide bonds. The van der Waals surface area contributed by atoms with Crippen LogP contribution in [0.3, 0.4) is 0 Å². The van der Waals surface area contributed by atoms with E-state index in [1.807, 2.05) is 0 Å². The molecule has 0 aromatic rings. The highest BCUT2D eigenvalue weighted by molar-refractivity contribution is 6.20. The summed E-state index contributed by atoms with van der Waals surface area (Å²) in [5.41, 5.74) is 0. The highest BCUT2D eigenvalue weighted by Crippen LogP contribution is 2.50. The monoisotopic (exact) mass is 240 g/mol. The summed E-state index contributed by atoms with van der Waals surface area (Å²) in [6.07, 6.45) is 14.6. The van der Waals surface area contributed by atoms with Gasteiger partial charge in [-0.15, -0.1) is 11.6 Å². The summed E-state index contributed by atoms with van der Waals surface area (Å²) in [5, 5.41) is 0.502. The van der Waals surface area contributed by atoms with Gasteiger partial charge in [0.05, 0.1) is 0 Å². The number of fused-ring (bicyclic) bond motifs is 2. The first-order chi connectivity index (χ1) is 7.83. The van der Waals surface area contributed by atoms with Gasteiger partial charge in [0.1, 0.15) is 0 Å². The van der Waals surface area contributed by atoms with Gasteiger partial charge in [-0.3, -0.25) is 0 Å². The standard InChI is InChI=1S/C15H25Cl/c16-15(12-3-1-2-4-12)8-7-14-10-11-5-6-13(14)9-11/h11-15H,1-10H2. The third-order valence-electron chi connectivity index (χ3n) is 5.61. The second-order valence-corrected chi connectivity index (χ2v) is 7.13. The van der Waals surface area contributed by atoms with E-state index < -0.39 is 0 Å². The zero-order chi connectivity index (χ0) is 11.0. The normalized spacial score (nSPS) is 40.7. The molecule has 0 aliphatic heterocycles. The van der Waals surface area contributed by atoms with Crippen LogP contribution in [-0.4, -0.2) is 5.38 Å². The summed E-state index contributed by atoms with van der Waals surface area (Å²) in [5.74, 6) is 4.12. The van der Waals surface area contributed by atoms with Crippen molar-refractivity contribution in [2.75, 3.05) is 0 Å². The third-order valence-corrected chi connectivity index (χ3v) is 6.18. The summed E-state index contributed by atoms with van der Waals surface area (Å²) in [6, 6.07) is 0. The van der Waals surface area contributed by atoms with Crippen LogP contribution in [0.15, 0.2) is 0 Å². The fraction of sp³-hybridized carbons (Fsp3) is 1.00. The minimum Gasteiger partial charge on any atom is -0.123 e. The van der Waals surface area contributed by atoms with Gasteiger partial charge in [0.15, 0.2) is 0 Å². The topological polar surface area (TPSA) is 0 Å². The van der Waals surface area contributed by atoms with Gasteiger partial charge in [0, 0.05) is 5.38 Å². The predicted octanol–water partition coefficient (Wildman–Crippen LogP) is 5.00. The van der Waals surface area contributed by atoms with E-state index in [1.165, 1.54) is 51.4 Å². The minimum atomic E-state index is 0.502. The largest absolute Gasteiger partial charge is 0.123 e. The van der Waals surface area contributed by atoms with E-state index in [4.69, 9.17) is 11.6 Å². The molecule has 0 aromatic carbocycles. The lowest BCUT2D eigenvalue weighted by Gasteiger charge is -2.24. The van der Waals surface area contributed by atoms with Gasteiger partial charge in [0.2, 0.25) is 0 Å². The van der Waals surface area contributed by atoms with Crippen molar-refractivity contribution in [3.8, 4) is 0 Å². The Balaban J connectivity index is 1.42. The maximum Gasteiger partial charge on any atom is 0.0364 e. The molecule has 16 heavy (non-hydrogen) atoms. The quantitative estimate of drug-likeness (QED) is 0.607. The lowest BCUT2D eigenvalue weighted by atomic mass is 9.84. The van der Waals surface area contributed by atoms with E-state index >= 15 is 0 Å². The van der Waals surface area contributed by atoms with Crippen LogP contribution in [0.2, 0.25) is 0 Å². The lowest BCUT2D eigenvalue weighted by molar-refractivity contribution is 0.298. The molecule has 0 aromatic heterocycles. The molecule has 4 unspecified atom stereocenters. The highest BCUT2D eigenvalue weighted by atomic mass is 35.5. The first kappa shape index (κ1) is 11.4. The second kappa shape index (κ2) is 4.88. The van der Waals surface area contributed by atoms with Crippen molar-refractivity contribution in [2.24, 2.45) is 23.7 Å². The van der Waals surface area contributed by atoms with Crippen LogP contribution in [-0.2, 0) is 0 Å². The van der Waals surface area contributed by atoms with Gasteiger partial charge >= 0.3 is 0 Å². The zero-order valence-corrected chi connectivity index (χ0v) is 11.1. The Bertz CT molecular complexity index is 232. The maximum atomic E-state index is 6.57. The van der Waals surface area contributed by atoms with Gasteiger partial charge < -0.3 is 0 Å². The van der Waals surface area contributed by atoms with Crippen molar-refractivity contribution >= 4 is 11.6 Å². The Labute approximate surface area is 105 Å². The van der Waals surface area contributed by atoms with Crippen molar-refractivity contribution in [3.63, 3.8) is 0 Å². The highest BCUT2D eigenvalue weighted by Gasteiger charge is 2.39. The Morgan fingerprint density at radius 3 is 2.44 bits per heavy atom. The van der Waals surface area contributed by atoms with Gasteiger partial charge in [-0.25, -0.2) is 0 Å². The molecule has 3 fully saturated rings. The first-order valence-electron chi connectivity index (χ1n) is 7.47. The minimum absolute atomic E-state index is 0.502. The van der Waals surface area contributed by atoms with E-state index in [2.05, 4.69) is 0 Å². The molecule has 0 heterocycles. The van der Waals surface area contributed by atoms with Gasteiger partial charge in [0.25, 0.3) is 0 Å². The van der Waals surface area contributed by atoms with E-state index in [-0.39, 0.29) is 0 Å². The summed E-state index contributed by atoms with van der Waals surface area (Å²) in [4.78, 5) is 0. The Morgan fingerprint density at radius 2 is 1.81 bits per heavy atom. The smallest absolute Gasteiger partial charge is 0.0364 e. The van der Waals surface area contributed by atoms with Crippen LogP contribution in [0, 0.1) is 23.7 Å². The Hall–Kier alpha value is 0.290. The van der Waals surface area contributed by atoms with E-state index in [1.54, 1.807) is 12.8 Å². The van der Waals surface area contributed by atoms with Gasteiger partial charge in [-0.05, 0) is 68.6 Å². The zero-order valence-electron chi connectivity index (χ0n) is 10.3. The Morgan fingerprint density at radius 1 is 1.00 bits per heavy atom. The fourth-order valence-electron chi connectivity index (χ4n) is 4.66. The van der Waals surface area contributed by atoms with E-state index in [0.717, 1.165) is 23.7 Å². The van der Waals surface area contributed by atoms with Gasteiger partial charge in [-0.2, -0.15) is 0 Å². The number of halogens is 1. The van der Waals surface area contributed by atoms with E-state index in [0.29, 0.717) is 5.38 Å². The molecule has 0 radical (unpaired) electrons. The van der Waals surface area contributed by atoms with Crippen molar-refractivity contribution in [1.29, 1.82) is 0 Å². The van der Waals surface area contributed by atoms with Crippen molar-refractivity contribution in [2.45, 2.75) is 69.6 Å². The molecule has 3 saturated carbocycles. The van der Waals surface area contributed by atoms with Crippen LogP contribution in [0.1, 0.15) is 64.2 Å². The number of alkyl halides is 1. The van der Waals surface area contributed by atoms with Crippen molar-refractivity contribution in [3.05, 3.63) is 0 Å². The van der Waals surface area contributed by atoms with Gasteiger partial charge in [-0.1, -0.05) is 19.3 Å². The first-order valence-corrected chi connectivity index (χ1v) is 7.90. The molecule has 3 aliphatic carbocycles. The summed E-state index contributed by atoms with van der Waals surface area (Å²) < 4.78 is 0. The molecule has 0 spiro atoms. The summed E-state index contributed by atoms with van der Waals surface area (Å²) in [7, 11) is 0. The van der Waals surface area contributed by atoms with Crippen LogP contribution >= 0.6 is 11.6 Å². The van der Waals surface area contributed by atoms with Crippen LogP contribution < -0.4 is 0 Å². The molecular weight excluding hydrogens is 216 g/mol. The molecule has 92 valence electrons. The summed E-state index contributed by atoms with van der Waals surface area (Å²) >= 11 is 6.57. The SMILES string of the molecule is ClC(CCC1CC2CCC1C2)C1CCCC1. The molecule has 0 nitrogen and oxygen atoms in total. The maximum absolute atomic E-state index is 6.57. The molecule has 3 aliphatic rings. The average Bonchev–Trinajstić information content (AvgIpc) is 3.01. The molecule has 0 N–H and O–H groups in total. The fourth-order valence-corrected chi connectivity index (χ4v) is 5.04. The van der Waals surface area contributed by atoms with E-state index in [9.17, 15) is 0 Å². The van der Waals surface area contributed by atoms with Crippen molar-refractivity contribution in [1.82, 2.24) is 0 Å². The molecule has 2 bridgehead atoms. The lowest BCUT2D eigenvalue weighted by Crippen LogP contribution is -2.16. The molecule has 0 saturated heterocycles. The second-order valence-electron chi connectivity index (χ2n) is 6.57. The van der Waals surface area contributed by atoms with Crippen LogP contribution in [0.5, 0.6) is 0 Å². The number of hydrogen-bond acceptors (Lipinski definition) is 0. The predicted molar refractivity (Wildman–Crippen MR) is 69.8 cm³/mol. The summed E-state index contributed by atoms with van der Waals surface area (Å²) in [6.45, 7) is 0. The molecule has 1 heteroatoms. The molecule has 4 atom stereocenters. The van der Waals surface area contributed by atoms with Crippen molar-refractivity contribution < 1.29 is 0 Å². The average molecular weight is 241 g/mol. The Kier molecular flexibility index (Phi) is 3.47.